The first-order valence-electron chi connectivity index (χ1n) is 4.49. The number of hydrogen-bond acceptors (Lipinski definition) is 3. The zero-order valence-electron chi connectivity index (χ0n) is 8.17. The molecule has 0 saturated heterocycles. The van der Waals surface area contributed by atoms with Gasteiger partial charge in [-0.3, -0.25) is 4.79 Å². The summed E-state index contributed by atoms with van der Waals surface area (Å²) in [7, 11) is 0. The third-order valence-corrected chi connectivity index (χ3v) is 1.78. The van der Waals surface area contributed by atoms with Crippen molar-refractivity contribution in [3.05, 3.63) is 0 Å². The summed E-state index contributed by atoms with van der Waals surface area (Å²) in [5, 5.41) is 11.4. The van der Waals surface area contributed by atoms with Gasteiger partial charge in [0.25, 0.3) is 0 Å². The Morgan fingerprint density at radius 1 is 1.38 bits per heavy atom. The standard InChI is InChI=1S/C9H17NO3/c1-3-8(6-11)10-9(13)5-4-7(2)12/h8,11H,3-6H2,1-2H3,(H,10,13). The zero-order valence-corrected chi connectivity index (χ0v) is 8.17. The Morgan fingerprint density at radius 2 is 2.00 bits per heavy atom. The maximum Gasteiger partial charge on any atom is 0.220 e. The molecular weight excluding hydrogens is 170 g/mol. The second-order valence-corrected chi connectivity index (χ2v) is 3.06. The fourth-order valence-corrected chi connectivity index (χ4v) is 0.866. The fourth-order valence-electron chi connectivity index (χ4n) is 0.866. The van der Waals surface area contributed by atoms with Crippen molar-refractivity contribution in [2.24, 2.45) is 0 Å². The van der Waals surface area contributed by atoms with E-state index in [1.165, 1.54) is 6.92 Å². The third-order valence-electron chi connectivity index (χ3n) is 1.78. The lowest BCUT2D eigenvalue weighted by Gasteiger charge is -2.13. The average Bonchev–Trinajstić information content (AvgIpc) is 2.10. The maximum atomic E-state index is 11.1. The van der Waals surface area contributed by atoms with Gasteiger partial charge in [0.05, 0.1) is 12.6 Å². The summed E-state index contributed by atoms with van der Waals surface area (Å²) in [4.78, 5) is 21.6. The molecular formula is C9H17NO3. The van der Waals surface area contributed by atoms with Gasteiger partial charge in [0.1, 0.15) is 5.78 Å². The van der Waals surface area contributed by atoms with Crippen LogP contribution in [0.25, 0.3) is 0 Å². The van der Waals surface area contributed by atoms with Crippen LogP contribution in [0.2, 0.25) is 0 Å². The molecule has 0 aliphatic rings. The molecule has 1 atom stereocenters. The number of carbonyl (C=O) groups is 2. The van der Waals surface area contributed by atoms with Crippen molar-refractivity contribution in [3.63, 3.8) is 0 Å². The molecule has 0 aromatic rings. The van der Waals surface area contributed by atoms with Gasteiger partial charge < -0.3 is 15.2 Å². The quantitative estimate of drug-likeness (QED) is 0.626. The number of Topliss-reactive ketones (excluding diaryl/α,β-unsaturated/α-hetero) is 1. The minimum absolute atomic E-state index is 0.00666. The van der Waals surface area contributed by atoms with Crippen LogP contribution in [0.1, 0.15) is 33.1 Å². The highest BCUT2D eigenvalue weighted by molar-refractivity contribution is 5.83. The van der Waals surface area contributed by atoms with E-state index in [4.69, 9.17) is 5.11 Å². The molecule has 0 saturated carbocycles. The summed E-state index contributed by atoms with van der Waals surface area (Å²) in [5.41, 5.74) is 0. The summed E-state index contributed by atoms with van der Waals surface area (Å²) >= 11 is 0. The number of aliphatic hydroxyl groups is 1. The second kappa shape index (κ2) is 6.60. The van der Waals surface area contributed by atoms with E-state index >= 15 is 0 Å². The highest BCUT2D eigenvalue weighted by atomic mass is 16.3. The minimum atomic E-state index is -0.181. The first-order chi connectivity index (χ1) is 6.10. The van der Waals surface area contributed by atoms with Crippen LogP contribution in [0.4, 0.5) is 0 Å². The predicted octanol–water partition coefficient (Wildman–Crippen LogP) is 0.243. The molecule has 0 aromatic heterocycles. The van der Waals surface area contributed by atoms with Crippen LogP contribution in [0, 0.1) is 0 Å². The summed E-state index contributed by atoms with van der Waals surface area (Å²) < 4.78 is 0. The van der Waals surface area contributed by atoms with E-state index in [1.807, 2.05) is 6.92 Å². The molecule has 4 heteroatoms. The van der Waals surface area contributed by atoms with Crippen molar-refractivity contribution in [2.45, 2.75) is 39.2 Å². The van der Waals surface area contributed by atoms with Gasteiger partial charge in [-0.2, -0.15) is 0 Å². The van der Waals surface area contributed by atoms with Crippen molar-refractivity contribution in [1.82, 2.24) is 5.32 Å². The van der Waals surface area contributed by atoms with Crippen LogP contribution in [0.5, 0.6) is 0 Å². The van der Waals surface area contributed by atoms with Gasteiger partial charge in [0, 0.05) is 12.8 Å². The van der Waals surface area contributed by atoms with Gasteiger partial charge in [-0.1, -0.05) is 6.92 Å². The molecule has 0 radical (unpaired) electrons. The van der Waals surface area contributed by atoms with Crippen LogP contribution in [0.3, 0.4) is 0 Å². The number of carbonyl (C=O) groups excluding carboxylic acids is 2. The van der Waals surface area contributed by atoms with Crippen molar-refractivity contribution in [1.29, 1.82) is 0 Å². The molecule has 13 heavy (non-hydrogen) atoms. The predicted molar refractivity (Wildman–Crippen MR) is 49.2 cm³/mol. The van der Waals surface area contributed by atoms with Crippen LogP contribution in [-0.4, -0.2) is 29.4 Å². The van der Waals surface area contributed by atoms with Crippen LogP contribution >= 0.6 is 0 Å². The van der Waals surface area contributed by atoms with E-state index in [2.05, 4.69) is 5.32 Å². The number of ketones is 1. The van der Waals surface area contributed by atoms with E-state index in [0.29, 0.717) is 6.42 Å². The van der Waals surface area contributed by atoms with E-state index in [1.54, 1.807) is 0 Å². The van der Waals surface area contributed by atoms with Crippen molar-refractivity contribution >= 4 is 11.7 Å². The third kappa shape index (κ3) is 6.28. The molecule has 0 fully saturated rings. The highest BCUT2D eigenvalue weighted by Gasteiger charge is 2.09. The second-order valence-electron chi connectivity index (χ2n) is 3.06. The summed E-state index contributed by atoms with van der Waals surface area (Å²) in [5.74, 6) is -0.164. The lowest BCUT2D eigenvalue weighted by molar-refractivity contribution is -0.125. The minimum Gasteiger partial charge on any atom is -0.394 e. The number of amides is 1. The van der Waals surface area contributed by atoms with E-state index in [-0.39, 0.29) is 37.2 Å². The smallest absolute Gasteiger partial charge is 0.220 e. The normalized spacial score (nSPS) is 12.2. The molecule has 0 aliphatic carbocycles. The molecule has 76 valence electrons. The molecule has 0 heterocycles. The zero-order chi connectivity index (χ0) is 10.3. The topological polar surface area (TPSA) is 66.4 Å². The summed E-state index contributed by atoms with van der Waals surface area (Å²) in [6.07, 6.45) is 1.18. The molecule has 1 amide bonds. The molecule has 4 nitrogen and oxygen atoms in total. The Bertz CT molecular complexity index is 176. The molecule has 2 N–H and O–H groups in total. The number of aliphatic hydroxyl groups excluding tert-OH is 1. The highest BCUT2D eigenvalue weighted by Crippen LogP contribution is 1.94. The van der Waals surface area contributed by atoms with Crippen molar-refractivity contribution in [3.8, 4) is 0 Å². The van der Waals surface area contributed by atoms with Gasteiger partial charge in [-0.05, 0) is 13.3 Å². The molecule has 0 aromatic carbocycles. The average molecular weight is 187 g/mol. The van der Waals surface area contributed by atoms with Gasteiger partial charge in [-0.15, -0.1) is 0 Å². The Balaban J connectivity index is 3.66. The molecule has 0 rings (SSSR count). The lowest BCUT2D eigenvalue weighted by Crippen LogP contribution is -2.36. The fraction of sp³-hybridized carbons (Fsp3) is 0.778. The van der Waals surface area contributed by atoms with E-state index < -0.39 is 0 Å². The first-order valence-corrected chi connectivity index (χ1v) is 4.49. The Morgan fingerprint density at radius 3 is 2.38 bits per heavy atom. The Labute approximate surface area is 78.3 Å². The summed E-state index contributed by atoms with van der Waals surface area (Å²) in [6, 6.07) is -0.181. The first kappa shape index (κ1) is 12.1. The number of nitrogens with one attached hydrogen (secondary N) is 1. The van der Waals surface area contributed by atoms with Crippen molar-refractivity contribution < 1.29 is 14.7 Å². The summed E-state index contributed by atoms with van der Waals surface area (Å²) in [6.45, 7) is 3.28. The van der Waals surface area contributed by atoms with Crippen molar-refractivity contribution in [2.75, 3.05) is 6.61 Å². The van der Waals surface area contributed by atoms with Gasteiger partial charge in [0.15, 0.2) is 0 Å². The van der Waals surface area contributed by atoms with Crippen LogP contribution in [-0.2, 0) is 9.59 Å². The Kier molecular flexibility index (Phi) is 6.14. The monoisotopic (exact) mass is 187 g/mol. The van der Waals surface area contributed by atoms with Crippen LogP contribution < -0.4 is 5.32 Å². The molecule has 0 spiro atoms. The molecule has 0 bridgehead atoms. The largest absolute Gasteiger partial charge is 0.394 e. The van der Waals surface area contributed by atoms with Gasteiger partial charge in [-0.25, -0.2) is 0 Å². The SMILES string of the molecule is CCC(CO)NC(=O)CCC(C)=O. The number of hydrogen-bond donors (Lipinski definition) is 2. The van der Waals surface area contributed by atoms with E-state index in [9.17, 15) is 9.59 Å². The maximum absolute atomic E-state index is 11.1. The van der Waals surface area contributed by atoms with E-state index in [0.717, 1.165) is 0 Å². The lowest BCUT2D eigenvalue weighted by atomic mass is 10.2. The Hall–Kier alpha value is -0.900. The molecule has 1 unspecified atom stereocenters. The van der Waals surface area contributed by atoms with Gasteiger partial charge in [0.2, 0.25) is 5.91 Å². The van der Waals surface area contributed by atoms with Gasteiger partial charge >= 0.3 is 0 Å². The number of rotatable bonds is 6. The van der Waals surface area contributed by atoms with Crippen LogP contribution in [0.15, 0.2) is 0 Å². The molecule has 0 aliphatic heterocycles.